The topological polar surface area (TPSA) is 120 Å². The summed E-state index contributed by atoms with van der Waals surface area (Å²) in [5.74, 6) is 1.76. The van der Waals surface area contributed by atoms with Gasteiger partial charge in [0.15, 0.2) is 0 Å². The summed E-state index contributed by atoms with van der Waals surface area (Å²) in [5.41, 5.74) is 5.83. The molecule has 2 unspecified atom stereocenters. The number of aliphatic hydroxyl groups excluding tert-OH is 1. The number of rotatable bonds is 25. The number of amides is 1. The van der Waals surface area contributed by atoms with E-state index in [1.165, 1.54) is 0 Å². The third-order valence-corrected chi connectivity index (χ3v) is 8.41. The molecule has 3 atom stereocenters. The highest BCUT2D eigenvalue weighted by Gasteiger charge is 2.25. The Labute approximate surface area is 270 Å². The number of hydrogen-bond donors (Lipinski definition) is 5. The molecule has 1 aromatic carbocycles. The first kappa shape index (κ1) is 37.6. The molecule has 1 aliphatic rings. The second-order valence-corrected chi connectivity index (χ2v) is 12.1. The summed E-state index contributed by atoms with van der Waals surface area (Å²) in [6, 6.07) is 7.25. The maximum atomic E-state index is 12.4. The molecule has 248 valence electrons. The van der Waals surface area contributed by atoms with Crippen molar-refractivity contribution in [1.82, 2.24) is 16.0 Å². The van der Waals surface area contributed by atoms with Crippen molar-refractivity contribution in [2.45, 2.75) is 90.6 Å². The molecule has 8 nitrogen and oxygen atoms in total. The third-order valence-electron chi connectivity index (χ3n) is 8.41. The number of terminal acetylenes is 1. The van der Waals surface area contributed by atoms with Gasteiger partial charge in [-0.25, -0.2) is 0 Å². The Morgan fingerprint density at radius 1 is 0.956 bits per heavy atom. The van der Waals surface area contributed by atoms with Crippen molar-refractivity contribution in [2.75, 3.05) is 32.8 Å². The van der Waals surface area contributed by atoms with E-state index in [0.29, 0.717) is 26.1 Å². The molecule has 0 heterocycles. The fraction of sp³-hybridized carbons (Fsp3) is 0.568. The van der Waals surface area contributed by atoms with Crippen molar-refractivity contribution >= 4 is 11.9 Å². The van der Waals surface area contributed by atoms with E-state index in [4.69, 9.17) is 16.3 Å². The zero-order chi connectivity index (χ0) is 33.0. The van der Waals surface area contributed by atoms with Crippen molar-refractivity contribution in [3.63, 3.8) is 0 Å². The average Bonchev–Trinajstić information content (AvgIpc) is 3.03. The summed E-state index contributed by atoms with van der Waals surface area (Å²) in [5, 5.41) is 29.6. The molecular weight excluding hydrogens is 566 g/mol. The van der Waals surface area contributed by atoms with Crippen LogP contribution in [0.2, 0.25) is 0 Å². The molecular formula is C37H55N3O5. The fourth-order valence-corrected chi connectivity index (χ4v) is 5.41. The van der Waals surface area contributed by atoms with Crippen molar-refractivity contribution in [3.8, 4) is 12.3 Å². The third kappa shape index (κ3) is 14.4. The van der Waals surface area contributed by atoms with E-state index in [9.17, 15) is 14.7 Å². The average molecular weight is 622 g/mol. The Kier molecular flexibility index (Phi) is 17.8. The first-order valence-corrected chi connectivity index (χ1v) is 16.6. The van der Waals surface area contributed by atoms with Gasteiger partial charge in [0.2, 0.25) is 5.91 Å². The number of aliphatic carboxylic acids is 1. The van der Waals surface area contributed by atoms with Crippen molar-refractivity contribution in [1.29, 1.82) is 0 Å². The van der Waals surface area contributed by atoms with Gasteiger partial charge >= 0.3 is 5.97 Å². The molecule has 1 amide bonds. The predicted octanol–water partition coefficient (Wildman–Crippen LogP) is 5.48. The molecule has 2 rings (SSSR count). The molecule has 0 aromatic heterocycles. The molecule has 1 aliphatic carbocycles. The van der Waals surface area contributed by atoms with Gasteiger partial charge in [-0.2, -0.15) is 0 Å². The van der Waals surface area contributed by atoms with Crippen LogP contribution in [0.3, 0.4) is 0 Å². The number of carbonyl (C=O) groups excluding carboxylic acids is 1. The highest BCUT2D eigenvalue weighted by molar-refractivity contribution is 5.78. The van der Waals surface area contributed by atoms with Gasteiger partial charge in [0.25, 0.3) is 0 Å². The highest BCUT2D eigenvalue weighted by atomic mass is 16.5. The number of carboxylic acids is 1. The summed E-state index contributed by atoms with van der Waals surface area (Å²) >= 11 is 0. The summed E-state index contributed by atoms with van der Waals surface area (Å²) in [6.45, 7) is 15.7. The van der Waals surface area contributed by atoms with Crippen LogP contribution in [0, 0.1) is 24.2 Å². The van der Waals surface area contributed by atoms with Crippen LogP contribution in [0.1, 0.15) is 89.2 Å². The van der Waals surface area contributed by atoms with Crippen LogP contribution < -0.4 is 16.0 Å². The normalized spacial score (nSPS) is 14.7. The minimum atomic E-state index is -0.820. The Bertz CT molecular complexity index is 1170. The van der Waals surface area contributed by atoms with E-state index in [2.05, 4.69) is 42.0 Å². The van der Waals surface area contributed by atoms with Gasteiger partial charge in [0, 0.05) is 56.0 Å². The minimum Gasteiger partial charge on any atom is -0.481 e. The van der Waals surface area contributed by atoms with Crippen LogP contribution in [-0.2, 0) is 20.7 Å². The number of hydrogen-bond acceptors (Lipinski definition) is 6. The Morgan fingerprint density at radius 3 is 2.22 bits per heavy atom. The number of carboxylic acid groups (broad SMARTS) is 1. The van der Waals surface area contributed by atoms with Gasteiger partial charge in [-0.3, -0.25) is 9.59 Å². The smallest absolute Gasteiger partial charge is 0.303 e. The number of unbranched alkanes of at least 4 members (excludes halogenated alkanes) is 4. The van der Waals surface area contributed by atoms with E-state index in [1.54, 1.807) is 12.1 Å². The summed E-state index contributed by atoms with van der Waals surface area (Å²) in [7, 11) is 0. The largest absolute Gasteiger partial charge is 0.481 e. The molecule has 5 N–H and O–H groups in total. The number of aliphatic hydroxyl groups is 1. The number of nitrogens with one attached hydrogen (secondary N) is 3. The van der Waals surface area contributed by atoms with Crippen LogP contribution in [-0.4, -0.2) is 61.0 Å². The summed E-state index contributed by atoms with van der Waals surface area (Å²) in [4.78, 5) is 23.5. The lowest BCUT2D eigenvalue weighted by molar-refractivity contribution is -0.137. The maximum Gasteiger partial charge on any atom is 0.303 e. The maximum absolute atomic E-state index is 12.4. The number of ether oxygens (including phenoxy) is 1. The Hall–Kier alpha value is -3.54. The van der Waals surface area contributed by atoms with Gasteiger partial charge in [0.05, 0.1) is 23.9 Å². The lowest BCUT2D eigenvalue weighted by Crippen LogP contribution is -2.35. The van der Waals surface area contributed by atoms with Crippen LogP contribution in [0.4, 0.5) is 0 Å². The van der Waals surface area contributed by atoms with E-state index < -0.39 is 12.1 Å². The van der Waals surface area contributed by atoms with E-state index in [0.717, 1.165) is 91.7 Å². The molecule has 8 heteroatoms. The van der Waals surface area contributed by atoms with Crippen LogP contribution in [0.25, 0.3) is 0 Å². The Balaban J connectivity index is 1.65. The quantitative estimate of drug-likeness (QED) is 0.0725. The summed E-state index contributed by atoms with van der Waals surface area (Å²) < 4.78 is 5.93. The van der Waals surface area contributed by atoms with Gasteiger partial charge in [-0.05, 0) is 68.1 Å². The van der Waals surface area contributed by atoms with Crippen LogP contribution in [0.15, 0.2) is 60.0 Å². The molecule has 0 saturated carbocycles. The van der Waals surface area contributed by atoms with Crippen molar-refractivity contribution in [2.24, 2.45) is 11.8 Å². The molecule has 0 fully saturated rings. The molecule has 0 spiro atoms. The molecule has 0 saturated heterocycles. The van der Waals surface area contributed by atoms with Crippen molar-refractivity contribution < 1.29 is 24.5 Å². The standard InChI is InChI=1S/C37H55N3O5/c1-6-8-20-38-36-28(4)29(5)37(36)39-21-11-9-10-12-22-45-23-19-32(27(3)13-18-35(43)44)25-33(41)26-40-34(42)24-31-16-14-30(7-2)15-17-31/h2,14-17,27,32-33,38-39,41H,4-6,8-13,18-26H2,1,3H3,(H,40,42)(H,43,44)/t27?,32-,33?/m0/s1. The second kappa shape index (κ2) is 21.2. The van der Waals surface area contributed by atoms with E-state index >= 15 is 0 Å². The zero-order valence-corrected chi connectivity index (χ0v) is 27.5. The van der Waals surface area contributed by atoms with Gasteiger partial charge < -0.3 is 30.9 Å². The minimum absolute atomic E-state index is 0.0895. The first-order valence-electron chi connectivity index (χ1n) is 16.6. The van der Waals surface area contributed by atoms with E-state index in [-0.39, 0.29) is 37.1 Å². The lowest BCUT2D eigenvalue weighted by Gasteiger charge is -2.31. The van der Waals surface area contributed by atoms with E-state index in [1.807, 2.05) is 19.1 Å². The van der Waals surface area contributed by atoms with Crippen LogP contribution in [0.5, 0.6) is 0 Å². The predicted molar refractivity (Wildman–Crippen MR) is 181 cm³/mol. The number of benzene rings is 1. The highest BCUT2D eigenvalue weighted by Crippen LogP contribution is 2.33. The van der Waals surface area contributed by atoms with Crippen LogP contribution >= 0.6 is 0 Å². The monoisotopic (exact) mass is 621 g/mol. The number of allylic oxidation sites excluding steroid dienone is 2. The molecule has 0 radical (unpaired) electrons. The first-order chi connectivity index (χ1) is 21.7. The molecule has 0 bridgehead atoms. The van der Waals surface area contributed by atoms with Gasteiger partial charge in [-0.1, -0.05) is 64.3 Å². The van der Waals surface area contributed by atoms with Crippen molar-refractivity contribution in [3.05, 3.63) is 71.1 Å². The second-order valence-electron chi connectivity index (χ2n) is 12.1. The lowest BCUT2D eigenvalue weighted by atomic mass is 9.83. The summed E-state index contributed by atoms with van der Waals surface area (Å²) in [6.07, 6.45) is 13.2. The number of carbonyl (C=O) groups is 2. The fourth-order valence-electron chi connectivity index (χ4n) is 5.41. The molecule has 1 aromatic rings. The van der Waals surface area contributed by atoms with Gasteiger partial charge in [0.1, 0.15) is 0 Å². The Morgan fingerprint density at radius 2 is 1.60 bits per heavy atom. The molecule has 45 heavy (non-hydrogen) atoms. The zero-order valence-electron chi connectivity index (χ0n) is 27.5. The van der Waals surface area contributed by atoms with Gasteiger partial charge in [-0.15, -0.1) is 6.42 Å². The molecule has 0 aliphatic heterocycles. The SMILES string of the molecule is C#Cc1ccc(CC(=O)NCC(O)C[C@H](CCOCCCCCCNC2=C(NCCCC)C(=C)C2=C)C(C)CCC(=O)O)cc1.